The van der Waals surface area contributed by atoms with Crippen LogP contribution in [0.1, 0.15) is 65.2 Å². The lowest BCUT2D eigenvalue weighted by molar-refractivity contribution is 0.00820. The Balaban J connectivity index is 3.33. The smallest absolute Gasteiger partial charge is 0.235 e. The molecular weight excluding hydrogens is 268 g/mol. The van der Waals surface area contributed by atoms with Crippen LogP contribution >= 0.6 is 0 Å². The number of aliphatic imine (C=N–C) groups is 2. The van der Waals surface area contributed by atoms with Gasteiger partial charge in [-0.1, -0.05) is 38.5 Å². The van der Waals surface area contributed by atoms with Crippen molar-refractivity contribution in [1.82, 2.24) is 0 Å². The topological polar surface area (TPSA) is 68.1 Å². The van der Waals surface area contributed by atoms with Gasteiger partial charge in [-0.2, -0.15) is 0 Å². The fourth-order valence-electron chi connectivity index (χ4n) is 2.23. The van der Waals surface area contributed by atoms with E-state index in [-0.39, 0.29) is 12.2 Å². The van der Waals surface area contributed by atoms with Gasteiger partial charge in [0, 0.05) is 0 Å². The molecule has 0 saturated heterocycles. The molecule has 5 heteroatoms. The minimum Gasteiger partial charge on any atom is -0.374 e. The molecule has 5 nitrogen and oxygen atoms in total. The zero-order valence-corrected chi connectivity index (χ0v) is 13.3. The summed E-state index contributed by atoms with van der Waals surface area (Å²) in [5, 5.41) is 0. The second-order valence-electron chi connectivity index (χ2n) is 5.43. The molecule has 2 atom stereocenters. The van der Waals surface area contributed by atoms with E-state index in [1.165, 1.54) is 38.2 Å². The van der Waals surface area contributed by atoms with Crippen molar-refractivity contribution >= 4 is 12.2 Å². The number of rotatable bonds is 14. The van der Waals surface area contributed by atoms with Crippen LogP contribution in [0.5, 0.6) is 0 Å². The standard InChI is InChI=1S/C16H28N2O3/c1-15(21-16(2)12-18-14-20)10-8-6-4-3-5-7-9-11-17-13-19/h15-16H,3-12H2,1-2H3. The first kappa shape index (κ1) is 19.7. The number of isocyanates is 2. The lowest BCUT2D eigenvalue weighted by Crippen LogP contribution is -2.19. The number of hydrogen-bond donors (Lipinski definition) is 0. The van der Waals surface area contributed by atoms with Crippen LogP contribution in [0.4, 0.5) is 0 Å². The highest BCUT2D eigenvalue weighted by molar-refractivity contribution is 5.33. The number of hydrogen-bond acceptors (Lipinski definition) is 5. The van der Waals surface area contributed by atoms with Gasteiger partial charge in [-0.05, 0) is 26.7 Å². The normalized spacial score (nSPS) is 13.0. The van der Waals surface area contributed by atoms with Crippen LogP contribution in [0.3, 0.4) is 0 Å². The summed E-state index contributed by atoms with van der Waals surface area (Å²) >= 11 is 0. The molecular formula is C16H28N2O3. The van der Waals surface area contributed by atoms with Crippen molar-refractivity contribution in [1.29, 1.82) is 0 Å². The molecule has 0 aliphatic carbocycles. The summed E-state index contributed by atoms with van der Waals surface area (Å²) in [5.41, 5.74) is 0. The maximum atomic E-state index is 10.00. The SMILES string of the molecule is CC(CCCCCCCCCN=C=O)OC(C)CN=C=O. The molecule has 0 radical (unpaired) electrons. The Morgan fingerprint density at radius 2 is 1.38 bits per heavy atom. The van der Waals surface area contributed by atoms with Crippen molar-refractivity contribution in [2.24, 2.45) is 9.98 Å². The molecule has 0 saturated carbocycles. The van der Waals surface area contributed by atoms with Crippen molar-refractivity contribution in [3.63, 3.8) is 0 Å². The predicted octanol–water partition coefficient (Wildman–Crippen LogP) is 3.57. The Kier molecular flexibility index (Phi) is 14.2. The van der Waals surface area contributed by atoms with Crippen LogP contribution in [0.15, 0.2) is 9.98 Å². The van der Waals surface area contributed by atoms with E-state index in [4.69, 9.17) is 4.74 Å². The number of carbonyl (C=O) groups excluding carboxylic acids is 2. The Bertz CT molecular complexity index is 334. The summed E-state index contributed by atoms with van der Waals surface area (Å²) in [6.07, 6.45) is 12.5. The summed E-state index contributed by atoms with van der Waals surface area (Å²) in [4.78, 5) is 26.9. The lowest BCUT2D eigenvalue weighted by atomic mass is 10.1. The minimum absolute atomic E-state index is 0.0181. The largest absolute Gasteiger partial charge is 0.374 e. The minimum atomic E-state index is -0.0181. The molecule has 0 aliphatic rings. The van der Waals surface area contributed by atoms with E-state index in [1.54, 1.807) is 6.08 Å². The van der Waals surface area contributed by atoms with E-state index in [0.29, 0.717) is 13.1 Å². The Morgan fingerprint density at radius 3 is 2.00 bits per heavy atom. The first-order valence-corrected chi connectivity index (χ1v) is 7.93. The van der Waals surface area contributed by atoms with Gasteiger partial charge in [0.15, 0.2) is 0 Å². The third kappa shape index (κ3) is 14.9. The van der Waals surface area contributed by atoms with E-state index in [0.717, 1.165) is 19.3 Å². The molecule has 0 aromatic carbocycles. The average molecular weight is 296 g/mol. The van der Waals surface area contributed by atoms with E-state index in [9.17, 15) is 9.59 Å². The Hall–Kier alpha value is -1.28. The zero-order chi connectivity index (χ0) is 15.8. The molecule has 0 heterocycles. The maximum absolute atomic E-state index is 10.00. The van der Waals surface area contributed by atoms with Gasteiger partial charge in [0.1, 0.15) is 0 Å². The third-order valence-electron chi connectivity index (χ3n) is 3.32. The van der Waals surface area contributed by atoms with Gasteiger partial charge in [0.25, 0.3) is 0 Å². The van der Waals surface area contributed by atoms with Crippen LogP contribution in [-0.4, -0.2) is 37.5 Å². The van der Waals surface area contributed by atoms with E-state index in [1.807, 2.05) is 6.92 Å². The van der Waals surface area contributed by atoms with Crippen molar-refractivity contribution in [2.75, 3.05) is 13.1 Å². The summed E-state index contributed by atoms with van der Waals surface area (Å²) in [5.74, 6) is 0. The monoisotopic (exact) mass is 296 g/mol. The summed E-state index contributed by atoms with van der Waals surface area (Å²) < 4.78 is 5.72. The highest BCUT2D eigenvalue weighted by atomic mass is 16.5. The maximum Gasteiger partial charge on any atom is 0.235 e. The fourth-order valence-corrected chi connectivity index (χ4v) is 2.23. The van der Waals surface area contributed by atoms with Gasteiger partial charge in [-0.3, -0.25) is 0 Å². The molecule has 0 N–H and O–H groups in total. The number of nitrogens with zero attached hydrogens (tertiary/aromatic N) is 2. The molecule has 0 aromatic rings. The van der Waals surface area contributed by atoms with Gasteiger partial charge in [0.2, 0.25) is 12.2 Å². The predicted molar refractivity (Wildman–Crippen MR) is 82.9 cm³/mol. The molecule has 120 valence electrons. The third-order valence-corrected chi connectivity index (χ3v) is 3.32. The zero-order valence-electron chi connectivity index (χ0n) is 13.3. The van der Waals surface area contributed by atoms with Gasteiger partial charge in [-0.15, -0.1) is 0 Å². The first-order chi connectivity index (χ1) is 10.2. The highest BCUT2D eigenvalue weighted by Crippen LogP contribution is 2.12. The van der Waals surface area contributed by atoms with Crippen LogP contribution in [0, 0.1) is 0 Å². The van der Waals surface area contributed by atoms with Gasteiger partial charge < -0.3 is 4.74 Å². The molecule has 0 rings (SSSR count). The lowest BCUT2D eigenvalue weighted by Gasteiger charge is -2.17. The van der Waals surface area contributed by atoms with E-state index in [2.05, 4.69) is 16.9 Å². The number of ether oxygens (including phenoxy) is 1. The van der Waals surface area contributed by atoms with Crippen molar-refractivity contribution in [3.05, 3.63) is 0 Å². The van der Waals surface area contributed by atoms with Crippen LogP contribution in [-0.2, 0) is 14.3 Å². The Morgan fingerprint density at radius 1 is 0.810 bits per heavy atom. The quantitative estimate of drug-likeness (QED) is 0.279. The van der Waals surface area contributed by atoms with Gasteiger partial charge in [-0.25, -0.2) is 19.6 Å². The summed E-state index contributed by atoms with van der Waals surface area (Å²) in [7, 11) is 0. The van der Waals surface area contributed by atoms with Crippen LogP contribution in [0.25, 0.3) is 0 Å². The second kappa shape index (κ2) is 15.1. The molecule has 0 fully saturated rings. The molecule has 2 unspecified atom stereocenters. The second-order valence-corrected chi connectivity index (χ2v) is 5.43. The fraction of sp³-hybridized carbons (Fsp3) is 0.875. The van der Waals surface area contributed by atoms with E-state index < -0.39 is 0 Å². The number of unbranched alkanes of at least 4 members (excludes halogenated alkanes) is 6. The molecule has 21 heavy (non-hydrogen) atoms. The summed E-state index contributed by atoms with van der Waals surface area (Å²) in [6.45, 7) is 4.99. The van der Waals surface area contributed by atoms with Crippen molar-refractivity contribution in [2.45, 2.75) is 77.4 Å². The van der Waals surface area contributed by atoms with Crippen LogP contribution < -0.4 is 0 Å². The van der Waals surface area contributed by atoms with Gasteiger partial charge >= 0.3 is 0 Å². The van der Waals surface area contributed by atoms with Crippen molar-refractivity contribution < 1.29 is 14.3 Å². The van der Waals surface area contributed by atoms with Crippen LogP contribution in [0.2, 0.25) is 0 Å². The average Bonchev–Trinajstić information content (AvgIpc) is 2.47. The molecule has 0 spiro atoms. The highest BCUT2D eigenvalue weighted by Gasteiger charge is 2.07. The molecule has 0 bridgehead atoms. The van der Waals surface area contributed by atoms with Gasteiger partial charge in [0.05, 0.1) is 25.3 Å². The molecule has 0 amide bonds. The first-order valence-electron chi connectivity index (χ1n) is 7.93. The summed E-state index contributed by atoms with van der Waals surface area (Å²) in [6, 6.07) is 0. The molecule has 0 aromatic heterocycles. The van der Waals surface area contributed by atoms with Crippen molar-refractivity contribution in [3.8, 4) is 0 Å². The Labute approximate surface area is 127 Å². The molecule has 0 aliphatic heterocycles. The van der Waals surface area contributed by atoms with E-state index >= 15 is 0 Å².